The number of hydrogen-bond donors (Lipinski definition) is 3. The number of aliphatic hydroxyl groups is 1. The molecule has 0 amide bonds. The fraction of sp³-hybridized carbons (Fsp3) is 0.700. The molecule has 0 unspecified atom stereocenters. The lowest BCUT2D eigenvalue weighted by Crippen LogP contribution is -2.57. The number of nitrogens with two attached hydrogens (primary N) is 1. The zero-order valence-electron chi connectivity index (χ0n) is 15.2. The first-order valence-corrected chi connectivity index (χ1v) is 8.93. The van der Waals surface area contributed by atoms with Crippen molar-refractivity contribution < 1.29 is 5.11 Å². The van der Waals surface area contributed by atoms with E-state index in [1.165, 1.54) is 24.8 Å². The highest BCUT2D eigenvalue weighted by molar-refractivity contribution is 5.16. The van der Waals surface area contributed by atoms with Gasteiger partial charge in [-0.25, -0.2) is 0 Å². The molecule has 2 atom stereocenters. The first-order valence-electron chi connectivity index (χ1n) is 8.93. The quantitative estimate of drug-likeness (QED) is 0.755. The Bertz CT molecular complexity index is 468. The Morgan fingerprint density at radius 3 is 2.26 bits per heavy atom. The monoisotopic (exact) mass is 318 g/mol. The van der Waals surface area contributed by atoms with Crippen molar-refractivity contribution in [2.45, 2.75) is 71.6 Å². The van der Waals surface area contributed by atoms with Crippen molar-refractivity contribution in [3.8, 4) is 0 Å². The molecule has 1 aliphatic carbocycles. The third-order valence-electron chi connectivity index (χ3n) is 5.54. The molecule has 0 radical (unpaired) electrons. The van der Waals surface area contributed by atoms with Gasteiger partial charge in [-0.3, -0.25) is 0 Å². The van der Waals surface area contributed by atoms with Crippen LogP contribution in [-0.2, 0) is 6.42 Å². The molecule has 1 aromatic rings. The predicted molar refractivity (Wildman–Crippen MR) is 97.3 cm³/mol. The van der Waals surface area contributed by atoms with Crippen LogP contribution in [0, 0.1) is 10.8 Å². The van der Waals surface area contributed by atoms with Crippen molar-refractivity contribution in [1.29, 1.82) is 0 Å². The van der Waals surface area contributed by atoms with Crippen molar-refractivity contribution in [2.75, 3.05) is 6.54 Å². The summed E-state index contributed by atoms with van der Waals surface area (Å²) in [6.45, 7) is 9.90. The van der Waals surface area contributed by atoms with Gasteiger partial charge in [0.2, 0.25) is 0 Å². The summed E-state index contributed by atoms with van der Waals surface area (Å²) < 4.78 is 0. The van der Waals surface area contributed by atoms with Gasteiger partial charge in [0.15, 0.2) is 0 Å². The number of benzene rings is 1. The van der Waals surface area contributed by atoms with Crippen LogP contribution >= 0.6 is 0 Å². The molecule has 0 bridgehead atoms. The highest BCUT2D eigenvalue weighted by Crippen LogP contribution is 2.45. The molecule has 0 spiro atoms. The van der Waals surface area contributed by atoms with Gasteiger partial charge >= 0.3 is 0 Å². The molecule has 0 heterocycles. The minimum atomic E-state index is -0.524. The predicted octanol–water partition coefficient (Wildman–Crippen LogP) is 3.11. The van der Waals surface area contributed by atoms with Crippen LogP contribution in [0.3, 0.4) is 0 Å². The smallest absolute Gasteiger partial charge is 0.0818 e. The number of nitrogens with one attached hydrogen (secondary N) is 1. The maximum atomic E-state index is 10.5. The Labute approximate surface area is 141 Å². The normalized spacial score (nSPS) is 23.4. The Morgan fingerprint density at radius 2 is 1.70 bits per heavy atom. The van der Waals surface area contributed by atoms with Crippen LogP contribution in [0.2, 0.25) is 0 Å². The molecule has 3 nitrogen and oxygen atoms in total. The Balaban J connectivity index is 1.90. The molecule has 1 fully saturated rings. The van der Waals surface area contributed by atoms with Gasteiger partial charge in [0.05, 0.1) is 6.10 Å². The van der Waals surface area contributed by atoms with Gasteiger partial charge in [0.1, 0.15) is 0 Å². The van der Waals surface area contributed by atoms with Crippen LogP contribution in [0.1, 0.15) is 52.5 Å². The van der Waals surface area contributed by atoms with E-state index in [1.807, 2.05) is 18.2 Å². The fourth-order valence-corrected chi connectivity index (χ4v) is 4.31. The third-order valence-corrected chi connectivity index (χ3v) is 5.54. The van der Waals surface area contributed by atoms with E-state index >= 15 is 0 Å². The van der Waals surface area contributed by atoms with Crippen LogP contribution in [0.4, 0.5) is 0 Å². The second-order valence-corrected chi connectivity index (χ2v) is 8.59. The Kier molecular flexibility index (Phi) is 5.88. The molecule has 3 heteroatoms. The van der Waals surface area contributed by atoms with Crippen molar-refractivity contribution in [2.24, 2.45) is 16.6 Å². The van der Waals surface area contributed by atoms with Gasteiger partial charge in [0, 0.05) is 18.6 Å². The molecule has 130 valence electrons. The summed E-state index contributed by atoms with van der Waals surface area (Å²) in [4.78, 5) is 0. The number of hydrogen-bond acceptors (Lipinski definition) is 3. The summed E-state index contributed by atoms with van der Waals surface area (Å²) in [7, 11) is 0. The van der Waals surface area contributed by atoms with Crippen molar-refractivity contribution in [1.82, 2.24) is 5.32 Å². The first kappa shape index (κ1) is 18.4. The maximum Gasteiger partial charge on any atom is 0.0818 e. The van der Waals surface area contributed by atoms with E-state index in [2.05, 4.69) is 45.1 Å². The van der Waals surface area contributed by atoms with Crippen LogP contribution in [0.5, 0.6) is 0 Å². The van der Waals surface area contributed by atoms with Gasteiger partial charge in [-0.15, -0.1) is 0 Å². The summed E-state index contributed by atoms with van der Waals surface area (Å²) in [5.41, 5.74) is 7.90. The second kappa shape index (κ2) is 7.33. The standard InChI is InChI=1S/C20H34N2O/c1-19(2)11-8-12-20(3,4)18(19)22-14-17(23)16(21)13-15-9-6-5-7-10-15/h5-7,9-10,16-18,22-23H,8,11-14,21H2,1-4H3/t16-,17+/m0/s1. The van der Waals surface area contributed by atoms with Crippen LogP contribution < -0.4 is 11.1 Å². The van der Waals surface area contributed by atoms with Crippen LogP contribution in [0.25, 0.3) is 0 Å². The molecule has 1 aliphatic rings. The van der Waals surface area contributed by atoms with E-state index < -0.39 is 6.10 Å². The van der Waals surface area contributed by atoms with Crippen molar-refractivity contribution >= 4 is 0 Å². The van der Waals surface area contributed by atoms with Crippen molar-refractivity contribution in [3.63, 3.8) is 0 Å². The lowest BCUT2D eigenvalue weighted by Gasteiger charge is -2.50. The summed E-state index contributed by atoms with van der Waals surface area (Å²) in [5.74, 6) is 0. The minimum absolute atomic E-state index is 0.236. The molecule has 23 heavy (non-hydrogen) atoms. The third kappa shape index (κ3) is 4.79. The molecular formula is C20H34N2O. The highest BCUT2D eigenvalue weighted by Gasteiger charge is 2.43. The molecule has 2 rings (SSSR count). The van der Waals surface area contributed by atoms with E-state index in [1.54, 1.807) is 0 Å². The average Bonchev–Trinajstić information content (AvgIpc) is 2.46. The average molecular weight is 319 g/mol. The van der Waals surface area contributed by atoms with Crippen molar-refractivity contribution in [3.05, 3.63) is 35.9 Å². The van der Waals surface area contributed by atoms with Gasteiger partial charge in [0.25, 0.3) is 0 Å². The van der Waals surface area contributed by atoms with Gasteiger partial charge in [-0.05, 0) is 35.7 Å². The molecule has 0 aromatic heterocycles. The summed E-state index contributed by atoms with van der Waals surface area (Å²) in [6, 6.07) is 10.3. The fourth-order valence-electron chi connectivity index (χ4n) is 4.31. The van der Waals surface area contributed by atoms with Gasteiger partial charge in [-0.1, -0.05) is 64.4 Å². The number of rotatable bonds is 6. The molecule has 0 saturated heterocycles. The Hall–Kier alpha value is -0.900. The van der Waals surface area contributed by atoms with Crippen LogP contribution in [-0.4, -0.2) is 29.8 Å². The lowest BCUT2D eigenvalue weighted by atomic mass is 9.61. The molecule has 1 aromatic carbocycles. The zero-order valence-corrected chi connectivity index (χ0v) is 15.2. The molecule has 0 aliphatic heterocycles. The highest BCUT2D eigenvalue weighted by atomic mass is 16.3. The van der Waals surface area contributed by atoms with E-state index in [0.29, 0.717) is 19.0 Å². The van der Waals surface area contributed by atoms with Gasteiger partial charge in [-0.2, -0.15) is 0 Å². The summed E-state index contributed by atoms with van der Waals surface area (Å²) >= 11 is 0. The lowest BCUT2D eigenvalue weighted by molar-refractivity contribution is 0.0361. The summed E-state index contributed by atoms with van der Waals surface area (Å²) in [5, 5.41) is 14.1. The maximum absolute atomic E-state index is 10.5. The minimum Gasteiger partial charge on any atom is -0.390 e. The number of aliphatic hydroxyl groups excluding tert-OH is 1. The van der Waals surface area contributed by atoms with E-state index in [4.69, 9.17) is 5.73 Å². The molecule has 1 saturated carbocycles. The van der Waals surface area contributed by atoms with E-state index in [-0.39, 0.29) is 16.9 Å². The second-order valence-electron chi connectivity index (χ2n) is 8.59. The largest absolute Gasteiger partial charge is 0.390 e. The SMILES string of the molecule is CC1(C)CCCC(C)(C)C1NC[C@@H](O)[C@@H](N)Cc1ccccc1. The van der Waals surface area contributed by atoms with Crippen LogP contribution in [0.15, 0.2) is 30.3 Å². The van der Waals surface area contributed by atoms with E-state index in [9.17, 15) is 5.11 Å². The van der Waals surface area contributed by atoms with Gasteiger partial charge < -0.3 is 16.2 Å². The Morgan fingerprint density at radius 1 is 1.13 bits per heavy atom. The van der Waals surface area contributed by atoms with E-state index in [0.717, 1.165) is 0 Å². The molecular weight excluding hydrogens is 284 g/mol. The topological polar surface area (TPSA) is 58.3 Å². The zero-order chi connectivity index (χ0) is 17.1. The first-order chi connectivity index (χ1) is 10.7. The molecule has 4 N–H and O–H groups in total. The summed E-state index contributed by atoms with van der Waals surface area (Å²) in [6.07, 6.45) is 3.94.